The van der Waals surface area contributed by atoms with Gasteiger partial charge in [-0.1, -0.05) is 12.1 Å². The fourth-order valence-corrected chi connectivity index (χ4v) is 4.61. The zero-order valence-electron chi connectivity index (χ0n) is 16.5. The molecule has 1 heterocycles. The van der Waals surface area contributed by atoms with Gasteiger partial charge < -0.3 is 9.30 Å². The molecule has 1 aliphatic carbocycles. The molecule has 29 heavy (non-hydrogen) atoms. The first-order valence-corrected chi connectivity index (χ1v) is 11.2. The highest BCUT2D eigenvalue weighted by Crippen LogP contribution is 2.43. The van der Waals surface area contributed by atoms with Crippen molar-refractivity contribution in [1.29, 1.82) is 5.26 Å². The van der Waals surface area contributed by atoms with E-state index in [1.54, 1.807) is 24.3 Å². The van der Waals surface area contributed by atoms with Gasteiger partial charge in [0.2, 0.25) is 10.0 Å². The Morgan fingerprint density at radius 1 is 1.21 bits per heavy atom. The zero-order chi connectivity index (χ0) is 20.6. The van der Waals surface area contributed by atoms with Crippen LogP contribution in [0.1, 0.15) is 37.8 Å². The molecule has 3 aromatic rings. The van der Waals surface area contributed by atoms with Crippen molar-refractivity contribution in [3.63, 3.8) is 0 Å². The number of fused-ring (bicyclic) bond motifs is 1. The molecule has 150 valence electrons. The average Bonchev–Trinajstić information content (AvgIpc) is 3.00. The van der Waals surface area contributed by atoms with E-state index in [1.807, 2.05) is 25.1 Å². The van der Waals surface area contributed by atoms with Crippen LogP contribution in [-0.4, -0.2) is 26.6 Å². The predicted molar refractivity (Wildman–Crippen MR) is 112 cm³/mol. The van der Waals surface area contributed by atoms with Crippen molar-refractivity contribution in [3.05, 3.63) is 48.0 Å². The highest BCUT2D eigenvalue weighted by atomic mass is 32.2. The number of nitriles is 1. The molecule has 6 nitrogen and oxygen atoms in total. The van der Waals surface area contributed by atoms with Gasteiger partial charge in [-0.2, -0.15) is 5.26 Å². The Morgan fingerprint density at radius 2 is 1.93 bits per heavy atom. The third-order valence-electron chi connectivity index (χ3n) is 5.55. The van der Waals surface area contributed by atoms with Crippen molar-refractivity contribution in [3.8, 4) is 23.1 Å². The maximum Gasteiger partial charge on any atom is 0.240 e. The summed E-state index contributed by atoms with van der Waals surface area (Å²) in [5.74, 6) is 0.782. The third kappa shape index (κ3) is 3.28. The number of hydrogen-bond donors (Lipinski definition) is 1. The molecular formula is C22H23N3O3S. The van der Waals surface area contributed by atoms with Gasteiger partial charge in [0.05, 0.1) is 28.3 Å². The molecule has 0 amide bonds. The maximum absolute atomic E-state index is 12.1. The minimum Gasteiger partial charge on any atom is -0.494 e. The van der Waals surface area contributed by atoms with Crippen molar-refractivity contribution < 1.29 is 13.2 Å². The first-order valence-electron chi connectivity index (χ1n) is 9.75. The van der Waals surface area contributed by atoms with Gasteiger partial charge in [-0.25, -0.2) is 13.1 Å². The van der Waals surface area contributed by atoms with Crippen molar-refractivity contribution in [2.75, 3.05) is 13.7 Å². The number of nitrogens with one attached hydrogen (secondary N) is 1. The second-order valence-corrected chi connectivity index (χ2v) is 9.02. The summed E-state index contributed by atoms with van der Waals surface area (Å²) >= 11 is 0. The monoisotopic (exact) mass is 409 g/mol. The smallest absolute Gasteiger partial charge is 0.240 e. The molecule has 1 aliphatic rings. The van der Waals surface area contributed by atoms with Crippen LogP contribution >= 0.6 is 0 Å². The van der Waals surface area contributed by atoms with E-state index < -0.39 is 10.0 Å². The van der Waals surface area contributed by atoms with Crippen molar-refractivity contribution in [1.82, 2.24) is 9.29 Å². The largest absolute Gasteiger partial charge is 0.494 e. The van der Waals surface area contributed by atoms with Gasteiger partial charge in [-0.15, -0.1) is 0 Å². The second kappa shape index (κ2) is 7.54. The Morgan fingerprint density at radius 3 is 2.48 bits per heavy atom. The molecule has 1 aromatic heterocycles. The minimum atomic E-state index is -3.51. The number of aromatic nitrogens is 1. The van der Waals surface area contributed by atoms with Gasteiger partial charge in [-0.3, -0.25) is 0 Å². The van der Waals surface area contributed by atoms with Crippen LogP contribution in [0.4, 0.5) is 0 Å². The number of benzene rings is 2. The number of nitrogens with zero attached hydrogens (tertiary/aromatic N) is 2. The molecule has 1 saturated carbocycles. The Bertz CT molecular complexity index is 1200. The molecule has 0 saturated heterocycles. The molecule has 1 fully saturated rings. The molecule has 0 aliphatic heterocycles. The summed E-state index contributed by atoms with van der Waals surface area (Å²) in [6.07, 6.45) is 3.29. The maximum atomic E-state index is 12.1. The molecule has 0 spiro atoms. The Labute approximate surface area is 170 Å². The van der Waals surface area contributed by atoms with Crippen LogP contribution in [0.3, 0.4) is 0 Å². The van der Waals surface area contributed by atoms with E-state index in [0.717, 1.165) is 47.2 Å². The fraction of sp³-hybridized carbons (Fsp3) is 0.318. The SMILES string of the molecule is CCOc1ccc2c(C#N)c(-c3ccc(S(=O)(=O)NC)cc3)n(C3CCC3)c2c1. The van der Waals surface area contributed by atoms with Gasteiger partial charge in [0, 0.05) is 17.5 Å². The third-order valence-corrected chi connectivity index (χ3v) is 6.98. The molecule has 0 radical (unpaired) electrons. The highest BCUT2D eigenvalue weighted by Gasteiger charge is 2.28. The number of sulfonamides is 1. The Balaban J connectivity index is 1.94. The van der Waals surface area contributed by atoms with E-state index in [0.29, 0.717) is 18.2 Å². The van der Waals surface area contributed by atoms with Gasteiger partial charge in [0.25, 0.3) is 0 Å². The van der Waals surface area contributed by atoms with Crippen molar-refractivity contribution in [2.45, 2.75) is 37.1 Å². The summed E-state index contributed by atoms with van der Waals surface area (Å²) in [5, 5.41) is 10.9. The van der Waals surface area contributed by atoms with Crippen molar-refractivity contribution >= 4 is 20.9 Å². The summed E-state index contributed by atoms with van der Waals surface area (Å²) in [7, 11) is -2.12. The van der Waals surface area contributed by atoms with Crippen LogP contribution in [0.5, 0.6) is 5.75 Å². The summed E-state index contributed by atoms with van der Waals surface area (Å²) in [4.78, 5) is 0.201. The van der Waals surface area contributed by atoms with E-state index in [1.165, 1.54) is 7.05 Å². The van der Waals surface area contributed by atoms with Gasteiger partial charge >= 0.3 is 0 Å². The number of hydrogen-bond acceptors (Lipinski definition) is 4. The molecule has 0 bridgehead atoms. The predicted octanol–water partition coefficient (Wildman–Crippen LogP) is 4.21. The van der Waals surface area contributed by atoms with Gasteiger partial charge in [0.15, 0.2) is 0 Å². The normalized spacial score (nSPS) is 14.5. The van der Waals surface area contributed by atoms with Crippen LogP contribution in [0.15, 0.2) is 47.4 Å². The summed E-state index contributed by atoms with van der Waals surface area (Å²) in [6.45, 7) is 2.52. The lowest BCUT2D eigenvalue weighted by molar-refractivity contribution is 0.322. The van der Waals surface area contributed by atoms with Crippen LogP contribution in [0.25, 0.3) is 22.2 Å². The lowest BCUT2D eigenvalue weighted by atomic mass is 9.92. The molecule has 2 aromatic carbocycles. The van der Waals surface area contributed by atoms with Crippen LogP contribution in [0.2, 0.25) is 0 Å². The summed E-state index contributed by atoms with van der Waals surface area (Å²) in [6, 6.07) is 15.2. The fourth-order valence-electron chi connectivity index (χ4n) is 3.88. The van der Waals surface area contributed by atoms with Crippen molar-refractivity contribution in [2.24, 2.45) is 0 Å². The van der Waals surface area contributed by atoms with E-state index >= 15 is 0 Å². The molecule has 0 unspecified atom stereocenters. The van der Waals surface area contributed by atoms with Crippen LogP contribution in [0, 0.1) is 11.3 Å². The topological polar surface area (TPSA) is 84.1 Å². The van der Waals surface area contributed by atoms with Gasteiger partial charge in [-0.05, 0) is 63.1 Å². The number of rotatable bonds is 6. The first kappa shape index (κ1) is 19.5. The molecule has 4 rings (SSSR count). The lowest BCUT2D eigenvalue weighted by Gasteiger charge is -2.30. The van der Waals surface area contributed by atoms with Crippen LogP contribution in [-0.2, 0) is 10.0 Å². The standard InChI is InChI=1S/C22H23N3O3S/c1-3-28-17-9-12-19-20(14-23)22(25(21(19)13-17)16-5-4-6-16)15-7-10-18(11-8-15)29(26,27)24-2/h7-13,16,24H,3-6H2,1-2H3. The average molecular weight is 410 g/mol. The first-order chi connectivity index (χ1) is 14.0. The lowest BCUT2D eigenvalue weighted by Crippen LogP contribution is -2.19. The second-order valence-electron chi connectivity index (χ2n) is 7.13. The quantitative estimate of drug-likeness (QED) is 0.661. The Hall–Kier alpha value is -2.82. The molecule has 0 atom stereocenters. The van der Waals surface area contributed by atoms with E-state index in [9.17, 15) is 13.7 Å². The molecular weight excluding hydrogens is 386 g/mol. The molecule has 7 heteroatoms. The summed E-state index contributed by atoms with van der Waals surface area (Å²) < 4.78 is 34.4. The minimum absolute atomic E-state index is 0.201. The van der Waals surface area contributed by atoms with Crippen LogP contribution < -0.4 is 9.46 Å². The number of ether oxygens (including phenoxy) is 1. The molecule has 1 N–H and O–H groups in total. The zero-order valence-corrected chi connectivity index (χ0v) is 17.3. The highest BCUT2D eigenvalue weighted by molar-refractivity contribution is 7.89. The summed E-state index contributed by atoms with van der Waals surface area (Å²) in [5.41, 5.74) is 3.27. The van der Waals surface area contributed by atoms with E-state index in [-0.39, 0.29) is 4.90 Å². The van der Waals surface area contributed by atoms with Gasteiger partial charge in [0.1, 0.15) is 11.8 Å². The van der Waals surface area contributed by atoms with E-state index in [2.05, 4.69) is 15.4 Å². The Kier molecular flexibility index (Phi) is 5.07. The van der Waals surface area contributed by atoms with E-state index in [4.69, 9.17) is 4.74 Å².